The number of carbonyl (C=O) groups is 2. The number of benzene rings is 1. The van der Waals surface area contributed by atoms with Gasteiger partial charge in [0, 0.05) is 24.3 Å². The molecule has 0 bridgehead atoms. The van der Waals surface area contributed by atoms with E-state index < -0.39 is 0 Å². The SMILES string of the molecule is CC(C)CCN1C(=O)CCc2cc(NC(=O)Nc3cccs3)ccc21. The highest BCUT2D eigenvalue weighted by atomic mass is 32.1. The molecule has 2 heterocycles. The van der Waals surface area contributed by atoms with Gasteiger partial charge in [0.05, 0.1) is 5.00 Å². The number of fused-ring (bicyclic) bond motifs is 1. The fraction of sp³-hybridized carbons (Fsp3) is 0.368. The molecule has 1 aliphatic rings. The maximum Gasteiger partial charge on any atom is 0.324 e. The lowest BCUT2D eigenvalue weighted by atomic mass is 9.99. The zero-order chi connectivity index (χ0) is 17.8. The minimum atomic E-state index is -0.258. The molecule has 25 heavy (non-hydrogen) atoms. The Morgan fingerprint density at radius 3 is 2.80 bits per heavy atom. The van der Waals surface area contributed by atoms with Crippen LogP contribution >= 0.6 is 11.3 Å². The van der Waals surface area contributed by atoms with Crippen molar-refractivity contribution in [2.24, 2.45) is 5.92 Å². The maximum absolute atomic E-state index is 12.3. The first-order valence-electron chi connectivity index (χ1n) is 8.57. The normalized spacial score (nSPS) is 13.7. The number of anilines is 3. The van der Waals surface area contributed by atoms with E-state index in [0.717, 1.165) is 34.9 Å². The molecule has 3 rings (SSSR count). The third kappa shape index (κ3) is 4.39. The molecule has 5 nitrogen and oxygen atoms in total. The molecule has 1 aromatic carbocycles. The standard InChI is InChI=1S/C19H23N3O2S/c1-13(2)9-10-22-16-7-6-15(12-14(16)5-8-18(22)23)20-19(24)21-17-4-3-11-25-17/h3-4,6-7,11-13H,5,8-10H2,1-2H3,(H2,20,21,24). The molecule has 0 unspecified atom stereocenters. The van der Waals surface area contributed by atoms with E-state index in [1.165, 1.54) is 11.3 Å². The van der Waals surface area contributed by atoms with Crippen LogP contribution in [0, 0.1) is 5.92 Å². The third-order valence-electron chi connectivity index (χ3n) is 4.23. The molecule has 0 saturated carbocycles. The molecule has 0 spiro atoms. The fourth-order valence-corrected chi connectivity index (χ4v) is 3.51. The van der Waals surface area contributed by atoms with Crippen LogP contribution in [0.5, 0.6) is 0 Å². The van der Waals surface area contributed by atoms with Crippen LogP contribution in [-0.4, -0.2) is 18.5 Å². The fourth-order valence-electron chi connectivity index (χ4n) is 2.89. The molecule has 1 aliphatic heterocycles. The average molecular weight is 357 g/mol. The summed E-state index contributed by atoms with van der Waals surface area (Å²) in [7, 11) is 0. The molecule has 132 valence electrons. The Labute approximate surface area is 152 Å². The van der Waals surface area contributed by atoms with Crippen LogP contribution in [0.15, 0.2) is 35.7 Å². The number of nitrogens with one attached hydrogen (secondary N) is 2. The summed E-state index contributed by atoms with van der Waals surface area (Å²) in [5.74, 6) is 0.740. The summed E-state index contributed by atoms with van der Waals surface area (Å²) in [6, 6.07) is 9.25. The van der Waals surface area contributed by atoms with Gasteiger partial charge in [-0.15, -0.1) is 11.3 Å². The number of urea groups is 1. The summed E-state index contributed by atoms with van der Waals surface area (Å²) in [6.45, 7) is 5.07. The zero-order valence-electron chi connectivity index (χ0n) is 14.5. The Balaban J connectivity index is 1.70. The van der Waals surface area contributed by atoms with E-state index in [1.54, 1.807) is 0 Å². The quantitative estimate of drug-likeness (QED) is 0.813. The molecule has 1 aromatic heterocycles. The number of thiophene rings is 1. The lowest BCUT2D eigenvalue weighted by Gasteiger charge is -2.30. The third-order valence-corrected chi connectivity index (χ3v) is 5.01. The van der Waals surface area contributed by atoms with E-state index in [-0.39, 0.29) is 11.9 Å². The van der Waals surface area contributed by atoms with Crippen LogP contribution in [0.2, 0.25) is 0 Å². The minimum Gasteiger partial charge on any atom is -0.312 e. The van der Waals surface area contributed by atoms with Gasteiger partial charge in [-0.25, -0.2) is 4.79 Å². The number of carbonyl (C=O) groups excluding carboxylic acids is 2. The molecule has 2 aromatic rings. The van der Waals surface area contributed by atoms with Crippen molar-refractivity contribution in [2.45, 2.75) is 33.1 Å². The van der Waals surface area contributed by atoms with E-state index in [4.69, 9.17) is 0 Å². The van der Waals surface area contributed by atoms with Crippen molar-refractivity contribution in [3.63, 3.8) is 0 Å². The number of rotatable bonds is 5. The van der Waals surface area contributed by atoms with Gasteiger partial charge in [0.2, 0.25) is 5.91 Å². The number of amides is 3. The first-order chi connectivity index (χ1) is 12.0. The first-order valence-corrected chi connectivity index (χ1v) is 9.45. The average Bonchev–Trinajstić information content (AvgIpc) is 3.06. The molecule has 0 fully saturated rings. The number of hydrogen-bond donors (Lipinski definition) is 2. The Hall–Kier alpha value is -2.34. The summed E-state index contributed by atoms with van der Waals surface area (Å²) in [5.41, 5.74) is 2.82. The molecule has 2 N–H and O–H groups in total. The van der Waals surface area contributed by atoms with Crippen molar-refractivity contribution in [1.29, 1.82) is 0 Å². The van der Waals surface area contributed by atoms with Gasteiger partial charge in [-0.2, -0.15) is 0 Å². The van der Waals surface area contributed by atoms with Gasteiger partial charge in [-0.05, 0) is 60.0 Å². The van der Waals surface area contributed by atoms with Crippen LogP contribution in [0.4, 0.5) is 21.2 Å². The van der Waals surface area contributed by atoms with Crippen molar-refractivity contribution in [3.8, 4) is 0 Å². The lowest BCUT2D eigenvalue weighted by Crippen LogP contribution is -2.36. The van der Waals surface area contributed by atoms with Gasteiger partial charge in [-0.3, -0.25) is 10.1 Å². The van der Waals surface area contributed by atoms with Gasteiger partial charge >= 0.3 is 6.03 Å². The van der Waals surface area contributed by atoms with Gasteiger partial charge in [0.1, 0.15) is 0 Å². The predicted octanol–water partition coefficient (Wildman–Crippen LogP) is 4.72. The van der Waals surface area contributed by atoms with Crippen molar-refractivity contribution in [1.82, 2.24) is 0 Å². The van der Waals surface area contributed by atoms with Gasteiger partial charge in [0.15, 0.2) is 0 Å². The lowest BCUT2D eigenvalue weighted by molar-refractivity contribution is -0.118. The number of nitrogens with zero attached hydrogens (tertiary/aromatic N) is 1. The molecule has 6 heteroatoms. The minimum absolute atomic E-state index is 0.185. The Bertz CT molecular complexity index is 756. The van der Waals surface area contributed by atoms with Crippen LogP contribution in [0.25, 0.3) is 0 Å². The maximum atomic E-state index is 12.3. The van der Waals surface area contributed by atoms with E-state index in [2.05, 4.69) is 24.5 Å². The van der Waals surface area contributed by atoms with E-state index in [9.17, 15) is 9.59 Å². The Kier molecular flexibility index (Phi) is 5.38. The molecule has 0 aliphatic carbocycles. The highest BCUT2D eigenvalue weighted by Crippen LogP contribution is 2.31. The van der Waals surface area contributed by atoms with Crippen molar-refractivity contribution in [3.05, 3.63) is 41.3 Å². The second kappa shape index (κ2) is 7.70. The number of aryl methyl sites for hydroxylation is 1. The van der Waals surface area contributed by atoms with Crippen LogP contribution < -0.4 is 15.5 Å². The highest BCUT2D eigenvalue weighted by Gasteiger charge is 2.24. The molecular weight excluding hydrogens is 334 g/mol. The van der Waals surface area contributed by atoms with E-state index in [0.29, 0.717) is 18.8 Å². The highest BCUT2D eigenvalue weighted by molar-refractivity contribution is 7.14. The second-order valence-corrected chi connectivity index (χ2v) is 7.58. The molecule has 3 amide bonds. The van der Waals surface area contributed by atoms with Crippen LogP contribution in [-0.2, 0) is 11.2 Å². The van der Waals surface area contributed by atoms with Crippen LogP contribution in [0.3, 0.4) is 0 Å². The second-order valence-electron chi connectivity index (χ2n) is 6.63. The van der Waals surface area contributed by atoms with Crippen LogP contribution in [0.1, 0.15) is 32.3 Å². The monoisotopic (exact) mass is 357 g/mol. The van der Waals surface area contributed by atoms with Crippen molar-refractivity contribution >= 4 is 39.7 Å². The summed E-state index contributed by atoms with van der Waals surface area (Å²) in [6.07, 6.45) is 2.22. The summed E-state index contributed by atoms with van der Waals surface area (Å²) in [4.78, 5) is 26.2. The summed E-state index contributed by atoms with van der Waals surface area (Å²) in [5, 5.41) is 8.38. The molecule has 0 saturated heterocycles. The van der Waals surface area contributed by atoms with Gasteiger partial charge < -0.3 is 10.2 Å². The van der Waals surface area contributed by atoms with Crippen molar-refractivity contribution < 1.29 is 9.59 Å². The van der Waals surface area contributed by atoms with Crippen molar-refractivity contribution in [2.75, 3.05) is 22.1 Å². The smallest absolute Gasteiger partial charge is 0.312 e. The largest absolute Gasteiger partial charge is 0.324 e. The number of hydrogen-bond acceptors (Lipinski definition) is 3. The first kappa shape index (κ1) is 17.5. The summed E-state index contributed by atoms with van der Waals surface area (Å²) < 4.78 is 0. The Morgan fingerprint density at radius 1 is 1.24 bits per heavy atom. The van der Waals surface area contributed by atoms with E-state index in [1.807, 2.05) is 40.6 Å². The van der Waals surface area contributed by atoms with Gasteiger partial charge in [-0.1, -0.05) is 13.8 Å². The predicted molar refractivity (Wildman–Crippen MR) is 104 cm³/mol. The summed E-state index contributed by atoms with van der Waals surface area (Å²) >= 11 is 1.48. The molecular formula is C19H23N3O2S. The molecule has 0 radical (unpaired) electrons. The Morgan fingerprint density at radius 2 is 2.08 bits per heavy atom. The van der Waals surface area contributed by atoms with E-state index >= 15 is 0 Å². The topological polar surface area (TPSA) is 61.4 Å². The van der Waals surface area contributed by atoms with Gasteiger partial charge in [0.25, 0.3) is 0 Å². The zero-order valence-corrected chi connectivity index (χ0v) is 15.4. The molecule has 0 atom stereocenters.